The van der Waals surface area contributed by atoms with Crippen molar-refractivity contribution in [2.45, 2.75) is 9.79 Å². The number of carbonyl (C=O) groups excluding carboxylic acids is 1. The van der Waals surface area contributed by atoms with Crippen LogP contribution in [-0.2, 0) is 0 Å². The van der Waals surface area contributed by atoms with Gasteiger partial charge in [0, 0.05) is 15.2 Å². The highest BCUT2D eigenvalue weighted by Crippen LogP contribution is 2.33. The molecule has 0 aliphatic heterocycles. The van der Waals surface area contributed by atoms with Crippen molar-refractivity contribution in [3.05, 3.63) is 97.1 Å². The molecule has 2 N–H and O–H groups in total. The lowest BCUT2D eigenvalue weighted by atomic mass is 10.1. The van der Waals surface area contributed by atoms with Gasteiger partial charge in [0.25, 0.3) is 0 Å². The lowest BCUT2D eigenvalue weighted by Gasteiger charge is -2.13. The number of urea groups is 1. The SMILES string of the molecule is O=C(Nc1ccccc1Sc1ccccc1)Nc1cccc2ccccc12. The van der Waals surface area contributed by atoms with E-state index in [2.05, 4.69) is 22.8 Å². The molecule has 4 aromatic rings. The first-order valence-electron chi connectivity index (χ1n) is 8.67. The number of hydrogen-bond donors (Lipinski definition) is 2. The maximum Gasteiger partial charge on any atom is 0.323 e. The average Bonchev–Trinajstić information content (AvgIpc) is 2.71. The summed E-state index contributed by atoms with van der Waals surface area (Å²) in [6.07, 6.45) is 0. The van der Waals surface area contributed by atoms with Crippen LogP contribution < -0.4 is 10.6 Å². The third kappa shape index (κ3) is 4.13. The topological polar surface area (TPSA) is 41.1 Å². The van der Waals surface area contributed by atoms with E-state index in [-0.39, 0.29) is 6.03 Å². The predicted molar refractivity (Wildman–Crippen MR) is 114 cm³/mol. The standard InChI is InChI=1S/C23H18N2OS/c26-23(24-20-15-8-10-17-9-4-5-13-19(17)20)25-21-14-6-7-16-22(21)27-18-11-2-1-3-12-18/h1-16H,(H2,24,25,26). The summed E-state index contributed by atoms with van der Waals surface area (Å²) in [6.45, 7) is 0. The van der Waals surface area contributed by atoms with Crippen LogP contribution in [0.1, 0.15) is 0 Å². The molecule has 0 unspecified atom stereocenters. The summed E-state index contributed by atoms with van der Waals surface area (Å²) in [6, 6.07) is 31.5. The Morgan fingerprint density at radius 1 is 0.630 bits per heavy atom. The Morgan fingerprint density at radius 2 is 1.26 bits per heavy atom. The van der Waals surface area contributed by atoms with Crippen LogP contribution in [0.4, 0.5) is 16.2 Å². The van der Waals surface area contributed by atoms with E-state index in [0.717, 1.165) is 31.9 Å². The zero-order chi connectivity index (χ0) is 18.5. The number of nitrogens with one attached hydrogen (secondary N) is 2. The summed E-state index contributed by atoms with van der Waals surface area (Å²) < 4.78 is 0. The van der Waals surface area contributed by atoms with E-state index in [4.69, 9.17) is 0 Å². The molecule has 0 aliphatic rings. The van der Waals surface area contributed by atoms with Crippen LogP contribution in [0.5, 0.6) is 0 Å². The van der Waals surface area contributed by atoms with Crippen molar-refractivity contribution in [2.24, 2.45) is 0 Å². The van der Waals surface area contributed by atoms with Gasteiger partial charge in [-0.1, -0.05) is 78.5 Å². The molecule has 0 radical (unpaired) electrons. The van der Waals surface area contributed by atoms with Gasteiger partial charge >= 0.3 is 6.03 Å². The number of carbonyl (C=O) groups is 1. The molecule has 0 aromatic heterocycles. The molecule has 0 aliphatic carbocycles. The fraction of sp³-hybridized carbons (Fsp3) is 0. The van der Waals surface area contributed by atoms with Crippen LogP contribution in [0.15, 0.2) is 107 Å². The van der Waals surface area contributed by atoms with E-state index in [1.807, 2.05) is 84.9 Å². The minimum absolute atomic E-state index is 0.257. The van der Waals surface area contributed by atoms with Crippen LogP contribution in [0, 0.1) is 0 Å². The first kappa shape index (κ1) is 17.2. The molecule has 0 heterocycles. The fourth-order valence-electron chi connectivity index (χ4n) is 2.88. The maximum atomic E-state index is 12.6. The van der Waals surface area contributed by atoms with Crippen LogP contribution in [0.25, 0.3) is 10.8 Å². The first-order valence-corrected chi connectivity index (χ1v) is 9.49. The van der Waals surface area contributed by atoms with Gasteiger partial charge in [-0.25, -0.2) is 4.79 Å². The van der Waals surface area contributed by atoms with E-state index >= 15 is 0 Å². The molecule has 0 spiro atoms. The minimum Gasteiger partial charge on any atom is -0.307 e. The number of fused-ring (bicyclic) bond motifs is 1. The molecule has 0 saturated carbocycles. The lowest BCUT2D eigenvalue weighted by molar-refractivity contribution is 0.262. The Hall–Kier alpha value is -3.24. The van der Waals surface area contributed by atoms with Crippen molar-refractivity contribution in [1.29, 1.82) is 0 Å². The van der Waals surface area contributed by atoms with E-state index in [9.17, 15) is 4.79 Å². The Bertz CT molecular complexity index is 1070. The maximum absolute atomic E-state index is 12.6. The van der Waals surface area contributed by atoms with Gasteiger partial charge in [0.1, 0.15) is 0 Å². The lowest BCUT2D eigenvalue weighted by Crippen LogP contribution is -2.19. The van der Waals surface area contributed by atoms with E-state index in [1.165, 1.54) is 0 Å². The van der Waals surface area contributed by atoms with E-state index in [0.29, 0.717) is 0 Å². The molecule has 0 bridgehead atoms. The van der Waals surface area contributed by atoms with Crippen molar-refractivity contribution >= 4 is 39.9 Å². The number of para-hydroxylation sites is 1. The van der Waals surface area contributed by atoms with E-state index in [1.54, 1.807) is 11.8 Å². The number of rotatable bonds is 4. The molecule has 0 saturated heterocycles. The second-order valence-electron chi connectivity index (χ2n) is 6.02. The van der Waals surface area contributed by atoms with Crippen molar-refractivity contribution in [1.82, 2.24) is 0 Å². The van der Waals surface area contributed by atoms with Gasteiger partial charge in [-0.3, -0.25) is 0 Å². The summed E-state index contributed by atoms with van der Waals surface area (Å²) in [7, 11) is 0. The highest BCUT2D eigenvalue weighted by Gasteiger charge is 2.09. The minimum atomic E-state index is -0.257. The van der Waals surface area contributed by atoms with Gasteiger partial charge < -0.3 is 10.6 Å². The van der Waals surface area contributed by atoms with Gasteiger partial charge in [0.15, 0.2) is 0 Å². The van der Waals surface area contributed by atoms with Crippen LogP contribution >= 0.6 is 11.8 Å². The second kappa shape index (κ2) is 7.98. The fourth-order valence-corrected chi connectivity index (χ4v) is 3.81. The predicted octanol–water partition coefficient (Wildman–Crippen LogP) is 6.64. The van der Waals surface area contributed by atoms with Crippen molar-refractivity contribution in [2.75, 3.05) is 10.6 Å². The molecule has 4 heteroatoms. The van der Waals surface area contributed by atoms with Gasteiger partial charge in [-0.15, -0.1) is 0 Å². The quantitative estimate of drug-likeness (QED) is 0.423. The number of anilines is 2. The number of hydrogen-bond acceptors (Lipinski definition) is 2. The molecular weight excluding hydrogens is 352 g/mol. The number of amides is 2. The normalized spacial score (nSPS) is 10.5. The van der Waals surface area contributed by atoms with Gasteiger partial charge in [-0.2, -0.15) is 0 Å². The average molecular weight is 370 g/mol. The third-order valence-corrected chi connectivity index (χ3v) is 5.23. The van der Waals surface area contributed by atoms with Crippen molar-refractivity contribution in [3.63, 3.8) is 0 Å². The summed E-state index contributed by atoms with van der Waals surface area (Å²) >= 11 is 1.62. The Labute approximate surface area is 162 Å². The molecule has 0 atom stereocenters. The van der Waals surface area contributed by atoms with Gasteiger partial charge in [0.2, 0.25) is 0 Å². The van der Waals surface area contributed by atoms with Crippen molar-refractivity contribution < 1.29 is 4.79 Å². The second-order valence-corrected chi connectivity index (χ2v) is 7.13. The summed E-state index contributed by atoms with van der Waals surface area (Å²) in [5.74, 6) is 0. The first-order chi connectivity index (χ1) is 13.3. The zero-order valence-corrected chi connectivity index (χ0v) is 15.4. The van der Waals surface area contributed by atoms with Crippen LogP contribution in [0.2, 0.25) is 0 Å². The molecular formula is C23H18N2OS. The Kier molecular flexibility index (Phi) is 5.08. The molecule has 2 amide bonds. The largest absolute Gasteiger partial charge is 0.323 e. The monoisotopic (exact) mass is 370 g/mol. The highest BCUT2D eigenvalue weighted by molar-refractivity contribution is 7.99. The van der Waals surface area contributed by atoms with Crippen LogP contribution in [0.3, 0.4) is 0 Å². The van der Waals surface area contributed by atoms with Gasteiger partial charge in [0.05, 0.1) is 11.4 Å². The smallest absolute Gasteiger partial charge is 0.307 e. The third-order valence-electron chi connectivity index (χ3n) is 4.14. The Morgan fingerprint density at radius 3 is 2.15 bits per heavy atom. The molecule has 4 rings (SSSR count). The zero-order valence-electron chi connectivity index (χ0n) is 14.6. The Balaban J connectivity index is 1.53. The van der Waals surface area contributed by atoms with Gasteiger partial charge in [-0.05, 0) is 35.7 Å². The number of benzene rings is 4. The summed E-state index contributed by atoms with van der Waals surface area (Å²) in [5, 5.41) is 8.05. The molecule has 4 aromatic carbocycles. The molecule has 132 valence electrons. The van der Waals surface area contributed by atoms with Crippen LogP contribution in [-0.4, -0.2) is 6.03 Å². The van der Waals surface area contributed by atoms with E-state index < -0.39 is 0 Å². The molecule has 0 fully saturated rings. The summed E-state index contributed by atoms with van der Waals surface area (Å²) in [5.41, 5.74) is 1.57. The highest BCUT2D eigenvalue weighted by atomic mass is 32.2. The summed E-state index contributed by atoms with van der Waals surface area (Å²) in [4.78, 5) is 14.7. The molecule has 27 heavy (non-hydrogen) atoms. The molecule has 3 nitrogen and oxygen atoms in total. The van der Waals surface area contributed by atoms with Crippen molar-refractivity contribution in [3.8, 4) is 0 Å².